The van der Waals surface area contributed by atoms with Crippen LogP contribution in [0.2, 0.25) is 0 Å². The third-order valence-corrected chi connectivity index (χ3v) is 7.09. The van der Waals surface area contributed by atoms with Crippen LogP contribution >= 0.6 is 11.8 Å². The minimum absolute atomic E-state index is 0.124. The molecule has 0 spiro atoms. The summed E-state index contributed by atoms with van der Waals surface area (Å²) in [6.07, 6.45) is 3.17. The summed E-state index contributed by atoms with van der Waals surface area (Å²) < 4.78 is 26.5. The highest BCUT2D eigenvalue weighted by Crippen LogP contribution is 2.23. The third-order valence-electron chi connectivity index (χ3n) is 4.27. The second-order valence-electron chi connectivity index (χ2n) is 6.66. The number of nitrogens with zero attached hydrogens (tertiary/aromatic N) is 2. The average Bonchev–Trinajstić information content (AvgIpc) is 3.15. The number of amides is 1. The van der Waals surface area contributed by atoms with Gasteiger partial charge in [-0.1, -0.05) is 17.8 Å². The first-order valence-corrected chi connectivity index (χ1v) is 11.2. The van der Waals surface area contributed by atoms with E-state index in [1.165, 1.54) is 22.3 Å². The van der Waals surface area contributed by atoms with Gasteiger partial charge in [-0.2, -0.15) is 4.31 Å². The number of aryl methyl sites for hydroxylation is 2. The lowest BCUT2D eigenvalue weighted by molar-refractivity contribution is -0.113. The summed E-state index contributed by atoms with van der Waals surface area (Å²) >= 11 is 1.28. The predicted octanol–water partition coefficient (Wildman–Crippen LogP) is 3.21. The molecular formula is C19H23N3O3S2. The van der Waals surface area contributed by atoms with E-state index in [2.05, 4.69) is 10.3 Å². The second-order valence-corrected chi connectivity index (χ2v) is 9.59. The lowest BCUT2D eigenvalue weighted by Gasteiger charge is -2.15. The van der Waals surface area contributed by atoms with Crippen molar-refractivity contribution in [2.75, 3.05) is 24.2 Å². The molecule has 1 fully saturated rings. The van der Waals surface area contributed by atoms with E-state index in [0.717, 1.165) is 29.7 Å². The molecule has 1 N–H and O–H groups in total. The molecule has 0 saturated carbocycles. The first kappa shape index (κ1) is 19.9. The van der Waals surface area contributed by atoms with Gasteiger partial charge < -0.3 is 5.32 Å². The number of hydrogen-bond acceptors (Lipinski definition) is 5. The van der Waals surface area contributed by atoms with Crippen LogP contribution in [-0.4, -0.2) is 42.5 Å². The molecule has 144 valence electrons. The first-order chi connectivity index (χ1) is 12.8. The molecule has 0 atom stereocenters. The number of carbonyl (C=O) groups excluding carboxylic acids is 1. The number of benzene rings is 1. The fraction of sp³-hybridized carbons (Fsp3) is 0.368. The zero-order valence-electron chi connectivity index (χ0n) is 15.4. The van der Waals surface area contributed by atoms with Crippen LogP contribution in [0, 0.1) is 13.8 Å². The van der Waals surface area contributed by atoms with E-state index in [1.807, 2.05) is 32.0 Å². The molecule has 3 rings (SSSR count). The number of rotatable bonds is 6. The average molecular weight is 406 g/mol. The molecule has 1 aliphatic heterocycles. The van der Waals surface area contributed by atoms with Gasteiger partial charge in [0.15, 0.2) is 0 Å². The fourth-order valence-electron chi connectivity index (χ4n) is 3.07. The lowest BCUT2D eigenvalue weighted by Crippen LogP contribution is -2.27. The Morgan fingerprint density at radius 2 is 1.81 bits per heavy atom. The van der Waals surface area contributed by atoms with Crippen LogP contribution in [0.3, 0.4) is 0 Å². The van der Waals surface area contributed by atoms with Gasteiger partial charge in [-0.05, 0) is 62.1 Å². The van der Waals surface area contributed by atoms with E-state index < -0.39 is 10.0 Å². The summed E-state index contributed by atoms with van der Waals surface area (Å²) in [5.41, 5.74) is 2.96. The van der Waals surface area contributed by atoms with E-state index in [1.54, 1.807) is 12.1 Å². The molecule has 27 heavy (non-hydrogen) atoms. The Morgan fingerprint density at radius 1 is 1.15 bits per heavy atom. The molecule has 1 amide bonds. The summed E-state index contributed by atoms with van der Waals surface area (Å²) in [6.45, 7) is 5.10. The highest BCUT2D eigenvalue weighted by Gasteiger charge is 2.27. The van der Waals surface area contributed by atoms with Crippen LogP contribution in [0.15, 0.2) is 46.5 Å². The Bertz CT molecular complexity index is 901. The van der Waals surface area contributed by atoms with Gasteiger partial charge in [-0.3, -0.25) is 4.79 Å². The lowest BCUT2D eigenvalue weighted by atomic mass is 10.1. The fourth-order valence-corrected chi connectivity index (χ4v) is 5.17. The van der Waals surface area contributed by atoms with Crippen molar-refractivity contribution < 1.29 is 13.2 Å². The van der Waals surface area contributed by atoms with Crippen molar-refractivity contribution in [2.45, 2.75) is 36.6 Å². The first-order valence-electron chi connectivity index (χ1n) is 8.82. The molecule has 2 aromatic rings. The smallest absolute Gasteiger partial charge is 0.244 e. The molecule has 0 aliphatic carbocycles. The van der Waals surface area contributed by atoms with Gasteiger partial charge in [0.25, 0.3) is 0 Å². The SMILES string of the molecule is Cc1cc(C)cc(NC(=O)CSc2ccc(S(=O)(=O)N3CCCC3)cn2)c1. The predicted molar refractivity (Wildman–Crippen MR) is 107 cm³/mol. The van der Waals surface area contributed by atoms with Crippen molar-refractivity contribution in [3.8, 4) is 0 Å². The van der Waals surface area contributed by atoms with Crippen molar-refractivity contribution in [2.24, 2.45) is 0 Å². The molecular weight excluding hydrogens is 382 g/mol. The van der Waals surface area contributed by atoms with Gasteiger partial charge in [0.2, 0.25) is 15.9 Å². The van der Waals surface area contributed by atoms with E-state index >= 15 is 0 Å². The molecule has 1 aliphatic rings. The molecule has 6 nitrogen and oxygen atoms in total. The van der Waals surface area contributed by atoms with Gasteiger partial charge in [-0.15, -0.1) is 0 Å². The quantitative estimate of drug-likeness (QED) is 0.747. The molecule has 0 radical (unpaired) electrons. The van der Waals surface area contributed by atoms with Crippen LogP contribution in [0.25, 0.3) is 0 Å². The van der Waals surface area contributed by atoms with Gasteiger partial charge in [-0.25, -0.2) is 13.4 Å². The van der Waals surface area contributed by atoms with Gasteiger partial charge in [0.05, 0.1) is 10.8 Å². The Balaban J connectivity index is 1.57. The number of aromatic nitrogens is 1. The molecule has 1 aromatic heterocycles. The molecule has 2 heterocycles. The van der Waals surface area contributed by atoms with Crippen LogP contribution in [0.4, 0.5) is 5.69 Å². The highest BCUT2D eigenvalue weighted by atomic mass is 32.2. The second kappa shape index (κ2) is 8.41. The molecule has 8 heteroatoms. The van der Waals surface area contributed by atoms with Crippen LogP contribution in [0.1, 0.15) is 24.0 Å². The molecule has 1 aromatic carbocycles. The maximum atomic E-state index is 12.5. The van der Waals surface area contributed by atoms with Crippen molar-refractivity contribution in [3.63, 3.8) is 0 Å². The normalized spacial score (nSPS) is 15.0. The largest absolute Gasteiger partial charge is 0.325 e. The van der Waals surface area contributed by atoms with Crippen molar-refractivity contribution >= 4 is 33.4 Å². The van der Waals surface area contributed by atoms with Gasteiger partial charge >= 0.3 is 0 Å². The van der Waals surface area contributed by atoms with Crippen LogP contribution in [0.5, 0.6) is 0 Å². The van der Waals surface area contributed by atoms with Crippen LogP contribution in [-0.2, 0) is 14.8 Å². The number of anilines is 1. The number of pyridine rings is 1. The van der Waals surface area contributed by atoms with Gasteiger partial charge in [0.1, 0.15) is 4.90 Å². The van der Waals surface area contributed by atoms with Crippen molar-refractivity contribution in [3.05, 3.63) is 47.7 Å². The number of carbonyl (C=O) groups is 1. The zero-order chi connectivity index (χ0) is 19.4. The van der Waals surface area contributed by atoms with E-state index in [9.17, 15) is 13.2 Å². The minimum atomic E-state index is -3.45. The molecule has 1 saturated heterocycles. The van der Waals surface area contributed by atoms with Crippen molar-refractivity contribution in [1.29, 1.82) is 0 Å². The maximum absolute atomic E-state index is 12.5. The zero-order valence-corrected chi connectivity index (χ0v) is 17.1. The van der Waals surface area contributed by atoms with E-state index in [4.69, 9.17) is 0 Å². The standard InChI is InChI=1S/C19H23N3O3S2/c1-14-9-15(2)11-16(10-14)21-18(23)13-26-19-6-5-17(12-20-19)27(24,25)22-7-3-4-8-22/h5-6,9-12H,3-4,7-8,13H2,1-2H3,(H,21,23). The van der Waals surface area contributed by atoms with Crippen molar-refractivity contribution in [1.82, 2.24) is 9.29 Å². The molecule has 0 unspecified atom stereocenters. The monoisotopic (exact) mass is 405 g/mol. The number of sulfonamides is 1. The Hall–Kier alpha value is -1.90. The maximum Gasteiger partial charge on any atom is 0.244 e. The van der Waals surface area contributed by atoms with E-state index in [0.29, 0.717) is 18.1 Å². The summed E-state index contributed by atoms with van der Waals surface area (Å²) in [4.78, 5) is 16.5. The Morgan fingerprint density at radius 3 is 2.41 bits per heavy atom. The summed E-state index contributed by atoms with van der Waals surface area (Å²) in [7, 11) is -3.45. The van der Waals surface area contributed by atoms with E-state index in [-0.39, 0.29) is 16.6 Å². The number of hydrogen-bond donors (Lipinski definition) is 1. The summed E-state index contributed by atoms with van der Waals surface area (Å²) in [5.74, 6) is 0.0821. The minimum Gasteiger partial charge on any atom is -0.325 e. The summed E-state index contributed by atoms with van der Waals surface area (Å²) in [5, 5.41) is 3.49. The summed E-state index contributed by atoms with van der Waals surface area (Å²) in [6, 6.07) is 9.10. The Labute approximate surface area is 164 Å². The van der Waals surface area contributed by atoms with Gasteiger partial charge in [0, 0.05) is 25.0 Å². The number of thioether (sulfide) groups is 1. The highest BCUT2D eigenvalue weighted by molar-refractivity contribution is 7.99. The Kier molecular flexibility index (Phi) is 6.18. The number of nitrogens with one attached hydrogen (secondary N) is 1. The molecule has 0 bridgehead atoms. The topological polar surface area (TPSA) is 79.4 Å². The third kappa shape index (κ3) is 5.09. The van der Waals surface area contributed by atoms with Crippen LogP contribution < -0.4 is 5.32 Å².